The molecule has 5 heteroatoms. The molecule has 0 unspecified atom stereocenters. The standard InChI is InChI=1S/C13H18N2O2S/c1-2-9-14-18(16,17)11-15-10-5-7-12-6-3-4-8-13(12)15/h3-6,8,10,14H,2,7,9,11H2,1H3. The number of para-hydroxylation sites is 1. The summed E-state index contributed by atoms with van der Waals surface area (Å²) in [5.74, 6) is -0.0273. The summed E-state index contributed by atoms with van der Waals surface area (Å²) in [6.07, 6.45) is 5.48. The highest BCUT2D eigenvalue weighted by Gasteiger charge is 2.18. The molecule has 18 heavy (non-hydrogen) atoms. The summed E-state index contributed by atoms with van der Waals surface area (Å²) < 4.78 is 26.3. The van der Waals surface area contributed by atoms with Crippen LogP contribution >= 0.6 is 0 Å². The lowest BCUT2D eigenvalue weighted by atomic mass is 10.1. The number of hydrogen-bond donors (Lipinski definition) is 1. The Bertz CT molecular complexity index is 538. The average Bonchev–Trinajstić information content (AvgIpc) is 2.37. The van der Waals surface area contributed by atoms with Gasteiger partial charge in [-0.25, -0.2) is 13.1 Å². The van der Waals surface area contributed by atoms with Crippen molar-refractivity contribution in [2.45, 2.75) is 19.8 Å². The second kappa shape index (κ2) is 5.54. The van der Waals surface area contributed by atoms with Crippen LogP contribution in [-0.2, 0) is 16.4 Å². The largest absolute Gasteiger partial charge is 0.332 e. The quantitative estimate of drug-likeness (QED) is 0.885. The van der Waals surface area contributed by atoms with Crippen LogP contribution in [0.5, 0.6) is 0 Å². The summed E-state index contributed by atoms with van der Waals surface area (Å²) >= 11 is 0. The lowest BCUT2D eigenvalue weighted by molar-refractivity contribution is 0.580. The molecule has 2 rings (SSSR count). The van der Waals surface area contributed by atoms with Gasteiger partial charge in [0, 0.05) is 18.4 Å². The molecule has 0 aliphatic carbocycles. The van der Waals surface area contributed by atoms with Gasteiger partial charge in [0.15, 0.2) is 0 Å². The van der Waals surface area contributed by atoms with Gasteiger partial charge in [-0.1, -0.05) is 31.2 Å². The number of allylic oxidation sites excluding steroid dienone is 1. The van der Waals surface area contributed by atoms with E-state index in [1.807, 2.05) is 43.5 Å². The lowest BCUT2D eigenvalue weighted by Gasteiger charge is -2.26. The monoisotopic (exact) mass is 266 g/mol. The maximum Gasteiger partial charge on any atom is 0.230 e. The van der Waals surface area contributed by atoms with E-state index in [-0.39, 0.29) is 5.88 Å². The van der Waals surface area contributed by atoms with Crippen LogP contribution in [0.25, 0.3) is 0 Å². The van der Waals surface area contributed by atoms with E-state index in [2.05, 4.69) is 4.72 Å². The highest BCUT2D eigenvalue weighted by atomic mass is 32.2. The normalized spacial score (nSPS) is 14.6. The maximum absolute atomic E-state index is 11.9. The molecule has 1 aliphatic rings. The zero-order valence-electron chi connectivity index (χ0n) is 10.5. The second-order valence-corrected chi connectivity index (χ2v) is 6.10. The molecule has 0 bridgehead atoms. The number of nitrogens with zero attached hydrogens (tertiary/aromatic N) is 1. The molecule has 0 fully saturated rings. The van der Waals surface area contributed by atoms with Crippen molar-refractivity contribution >= 4 is 15.7 Å². The molecular formula is C13H18N2O2S. The minimum absolute atomic E-state index is 0.0273. The Morgan fingerprint density at radius 1 is 1.33 bits per heavy atom. The summed E-state index contributed by atoms with van der Waals surface area (Å²) in [6, 6.07) is 7.88. The molecule has 1 aromatic rings. The van der Waals surface area contributed by atoms with Gasteiger partial charge < -0.3 is 4.90 Å². The van der Waals surface area contributed by atoms with Gasteiger partial charge in [0.2, 0.25) is 10.0 Å². The van der Waals surface area contributed by atoms with E-state index in [9.17, 15) is 8.42 Å². The van der Waals surface area contributed by atoms with Crippen molar-refractivity contribution in [3.8, 4) is 0 Å². The van der Waals surface area contributed by atoms with Crippen LogP contribution in [0.15, 0.2) is 36.5 Å². The predicted octanol–water partition coefficient (Wildman–Crippen LogP) is 1.85. The Morgan fingerprint density at radius 2 is 2.11 bits per heavy atom. The van der Waals surface area contributed by atoms with Gasteiger partial charge in [0.1, 0.15) is 5.88 Å². The first-order valence-corrected chi connectivity index (χ1v) is 7.76. The van der Waals surface area contributed by atoms with E-state index < -0.39 is 10.0 Å². The summed E-state index contributed by atoms with van der Waals surface area (Å²) in [5, 5.41) is 0. The van der Waals surface area contributed by atoms with Gasteiger partial charge >= 0.3 is 0 Å². The van der Waals surface area contributed by atoms with E-state index >= 15 is 0 Å². The Kier molecular flexibility index (Phi) is 4.04. The number of hydrogen-bond acceptors (Lipinski definition) is 3. The van der Waals surface area contributed by atoms with E-state index in [0.29, 0.717) is 6.54 Å². The lowest BCUT2D eigenvalue weighted by Crippen LogP contribution is -2.35. The topological polar surface area (TPSA) is 49.4 Å². The molecule has 0 atom stereocenters. The number of nitrogens with one attached hydrogen (secondary N) is 1. The van der Waals surface area contributed by atoms with Crippen molar-refractivity contribution in [3.63, 3.8) is 0 Å². The summed E-state index contributed by atoms with van der Waals surface area (Å²) in [4.78, 5) is 1.77. The van der Waals surface area contributed by atoms with Crippen LogP contribution < -0.4 is 9.62 Å². The van der Waals surface area contributed by atoms with Crippen LogP contribution in [0.3, 0.4) is 0 Å². The Balaban J connectivity index is 2.15. The second-order valence-electron chi connectivity index (χ2n) is 4.33. The Hall–Kier alpha value is -1.33. The van der Waals surface area contributed by atoms with Crippen molar-refractivity contribution < 1.29 is 8.42 Å². The molecule has 0 spiro atoms. The molecule has 0 saturated heterocycles. The fourth-order valence-corrected chi connectivity index (χ4v) is 3.15. The number of sulfonamides is 1. The SMILES string of the molecule is CCCNS(=O)(=O)CN1C=CCc2ccccc21. The van der Waals surface area contributed by atoms with Crippen LogP contribution in [-0.4, -0.2) is 20.8 Å². The Labute approximate surface area is 108 Å². The zero-order valence-corrected chi connectivity index (χ0v) is 11.3. The zero-order chi connectivity index (χ0) is 13.0. The van der Waals surface area contributed by atoms with Gasteiger partial charge in [0.25, 0.3) is 0 Å². The molecule has 0 saturated carbocycles. The molecule has 0 radical (unpaired) electrons. The van der Waals surface area contributed by atoms with Gasteiger partial charge in [-0.05, 0) is 24.5 Å². The van der Waals surface area contributed by atoms with Crippen LogP contribution in [0.2, 0.25) is 0 Å². The average molecular weight is 266 g/mol. The third kappa shape index (κ3) is 3.11. The minimum Gasteiger partial charge on any atom is -0.332 e. The van der Waals surface area contributed by atoms with Crippen molar-refractivity contribution in [2.24, 2.45) is 0 Å². The van der Waals surface area contributed by atoms with Crippen LogP contribution in [0, 0.1) is 0 Å². The van der Waals surface area contributed by atoms with E-state index in [1.165, 1.54) is 0 Å². The predicted molar refractivity (Wildman–Crippen MR) is 73.8 cm³/mol. The van der Waals surface area contributed by atoms with E-state index in [4.69, 9.17) is 0 Å². The number of rotatable bonds is 5. The summed E-state index contributed by atoms with van der Waals surface area (Å²) in [5.41, 5.74) is 2.13. The smallest absolute Gasteiger partial charge is 0.230 e. The van der Waals surface area contributed by atoms with Gasteiger partial charge in [-0.15, -0.1) is 0 Å². The molecule has 1 aromatic carbocycles. The molecule has 98 valence electrons. The van der Waals surface area contributed by atoms with Gasteiger partial charge in [-0.2, -0.15) is 0 Å². The number of fused-ring (bicyclic) bond motifs is 1. The highest BCUT2D eigenvalue weighted by Crippen LogP contribution is 2.25. The van der Waals surface area contributed by atoms with Crippen molar-refractivity contribution in [1.29, 1.82) is 0 Å². The maximum atomic E-state index is 11.9. The molecule has 0 amide bonds. The molecule has 4 nitrogen and oxygen atoms in total. The van der Waals surface area contributed by atoms with E-state index in [1.54, 1.807) is 4.90 Å². The fourth-order valence-electron chi connectivity index (χ4n) is 1.95. The molecular weight excluding hydrogens is 248 g/mol. The molecule has 1 N–H and O–H groups in total. The minimum atomic E-state index is -3.26. The fraction of sp³-hybridized carbons (Fsp3) is 0.385. The third-order valence-electron chi connectivity index (χ3n) is 2.81. The Morgan fingerprint density at radius 3 is 2.89 bits per heavy atom. The molecule has 1 heterocycles. The van der Waals surface area contributed by atoms with E-state index in [0.717, 1.165) is 24.1 Å². The first-order valence-electron chi connectivity index (χ1n) is 6.11. The number of benzene rings is 1. The first-order chi connectivity index (χ1) is 8.62. The summed E-state index contributed by atoms with van der Waals surface area (Å²) in [7, 11) is -3.26. The van der Waals surface area contributed by atoms with Gasteiger partial charge in [-0.3, -0.25) is 0 Å². The molecule has 1 aliphatic heterocycles. The van der Waals surface area contributed by atoms with Crippen molar-refractivity contribution in [3.05, 3.63) is 42.1 Å². The van der Waals surface area contributed by atoms with Crippen LogP contribution in [0.1, 0.15) is 18.9 Å². The third-order valence-corrected chi connectivity index (χ3v) is 4.07. The highest BCUT2D eigenvalue weighted by molar-refractivity contribution is 7.89. The van der Waals surface area contributed by atoms with Crippen LogP contribution in [0.4, 0.5) is 5.69 Å². The van der Waals surface area contributed by atoms with Crippen molar-refractivity contribution in [2.75, 3.05) is 17.3 Å². The van der Waals surface area contributed by atoms with Crippen molar-refractivity contribution in [1.82, 2.24) is 4.72 Å². The first kappa shape index (κ1) is 13.1. The van der Waals surface area contributed by atoms with Gasteiger partial charge in [0.05, 0.1) is 0 Å². The number of anilines is 1. The molecule has 0 aromatic heterocycles. The summed E-state index contributed by atoms with van der Waals surface area (Å²) in [6.45, 7) is 2.43.